The summed E-state index contributed by atoms with van der Waals surface area (Å²) in [6, 6.07) is 8.25. The molecule has 0 unspecified atom stereocenters. The van der Waals surface area contributed by atoms with Gasteiger partial charge in [0.1, 0.15) is 5.75 Å². The minimum absolute atomic E-state index is 0. The highest BCUT2D eigenvalue weighted by Crippen LogP contribution is 2.22. The Morgan fingerprint density at radius 1 is 1.08 bits per heavy atom. The molecule has 2 rings (SSSR count). The Labute approximate surface area is 84.9 Å². The molecule has 0 saturated heterocycles. The lowest BCUT2D eigenvalue weighted by molar-refractivity contribution is 0.288. The SMILES string of the molecule is Cl.Cl.c1ccc2c(c1)CCCO2. The van der Waals surface area contributed by atoms with Gasteiger partial charge in [0, 0.05) is 0 Å². The van der Waals surface area contributed by atoms with Crippen LogP contribution in [0.1, 0.15) is 12.0 Å². The molecule has 68 valence electrons. The summed E-state index contributed by atoms with van der Waals surface area (Å²) >= 11 is 0. The first-order valence-electron chi connectivity index (χ1n) is 3.67. The third-order valence-electron chi connectivity index (χ3n) is 1.82. The maximum atomic E-state index is 5.42. The number of rotatable bonds is 0. The lowest BCUT2D eigenvalue weighted by Crippen LogP contribution is -2.07. The molecule has 1 aromatic carbocycles. The van der Waals surface area contributed by atoms with Crippen LogP contribution in [0.25, 0.3) is 0 Å². The summed E-state index contributed by atoms with van der Waals surface area (Å²) in [6.45, 7) is 0.886. The molecule has 0 fully saturated rings. The van der Waals surface area contributed by atoms with E-state index in [2.05, 4.69) is 12.1 Å². The van der Waals surface area contributed by atoms with Crippen LogP contribution in [0.4, 0.5) is 0 Å². The van der Waals surface area contributed by atoms with Gasteiger partial charge in [0.25, 0.3) is 0 Å². The van der Waals surface area contributed by atoms with Gasteiger partial charge in [-0.1, -0.05) is 18.2 Å². The Morgan fingerprint density at radius 3 is 2.58 bits per heavy atom. The van der Waals surface area contributed by atoms with E-state index in [1.165, 1.54) is 12.0 Å². The van der Waals surface area contributed by atoms with Crippen molar-refractivity contribution in [3.8, 4) is 5.75 Å². The van der Waals surface area contributed by atoms with E-state index in [0.29, 0.717) is 0 Å². The molecule has 1 nitrogen and oxygen atoms in total. The van der Waals surface area contributed by atoms with Crippen molar-refractivity contribution in [1.82, 2.24) is 0 Å². The summed E-state index contributed by atoms with van der Waals surface area (Å²) < 4.78 is 5.42. The molecule has 1 heterocycles. The van der Waals surface area contributed by atoms with Gasteiger partial charge in [-0.2, -0.15) is 0 Å². The Morgan fingerprint density at radius 2 is 1.83 bits per heavy atom. The van der Waals surface area contributed by atoms with E-state index in [4.69, 9.17) is 4.74 Å². The van der Waals surface area contributed by atoms with Crippen LogP contribution in [0, 0.1) is 0 Å². The number of ether oxygens (including phenoxy) is 1. The van der Waals surface area contributed by atoms with E-state index in [9.17, 15) is 0 Å². The molecular weight excluding hydrogens is 195 g/mol. The molecule has 0 bridgehead atoms. The number of benzene rings is 1. The van der Waals surface area contributed by atoms with Crippen molar-refractivity contribution in [3.63, 3.8) is 0 Å². The topological polar surface area (TPSA) is 9.23 Å². The van der Waals surface area contributed by atoms with Crippen molar-refractivity contribution in [3.05, 3.63) is 29.8 Å². The second kappa shape index (κ2) is 5.28. The molecule has 0 radical (unpaired) electrons. The standard InChI is InChI=1S/C9H10O.2ClH/c1-2-6-9-8(4-1)5-3-7-10-9;;/h1-2,4,6H,3,5,7H2;2*1H. The first kappa shape index (κ1) is 11.6. The summed E-state index contributed by atoms with van der Waals surface area (Å²) in [7, 11) is 0. The fraction of sp³-hybridized carbons (Fsp3) is 0.333. The van der Waals surface area contributed by atoms with Gasteiger partial charge in [-0.3, -0.25) is 0 Å². The van der Waals surface area contributed by atoms with Crippen LogP contribution in [0.2, 0.25) is 0 Å². The van der Waals surface area contributed by atoms with Gasteiger partial charge in [-0.05, 0) is 24.5 Å². The Hall–Kier alpha value is -0.400. The van der Waals surface area contributed by atoms with Crippen molar-refractivity contribution in [2.75, 3.05) is 6.61 Å². The summed E-state index contributed by atoms with van der Waals surface area (Å²) in [5.41, 5.74) is 1.36. The smallest absolute Gasteiger partial charge is 0.122 e. The maximum absolute atomic E-state index is 5.42. The highest BCUT2D eigenvalue weighted by Gasteiger charge is 2.06. The van der Waals surface area contributed by atoms with Gasteiger partial charge in [0.2, 0.25) is 0 Å². The third kappa shape index (κ3) is 2.29. The summed E-state index contributed by atoms with van der Waals surface area (Å²) in [6.07, 6.45) is 2.34. The lowest BCUT2D eigenvalue weighted by Gasteiger charge is -2.15. The van der Waals surface area contributed by atoms with Crippen LogP contribution < -0.4 is 4.74 Å². The largest absolute Gasteiger partial charge is 0.493 e. The number of para-hydroxylation sites is 1. The molecule has 1 aliphatic heterocycles. The van der Waals surface area contributed by atoms with Crippen LogP contribution >= 0.6 is 24.8 Å². The van der Waals surface area contributed by atoms with Crippen molar-refractivity contribution < 1.29 is 4.74 Å². The van der Waals surface area contributed by atoms with Crippen molar-refractivity contribution in [2.24, 2.45) is 0 Å². The fourth-order valence-corrected chi connectivity index (χ4v) is 1.30. The molecule has 0 aliphatic carbocycles. The first-order chi connectivity index (χ1) is 4.97. The van der Waals surface area contributed by atoms with Crippen LogP contribution in [-0.4, -0.2) is 6.61 Å². The van der Waals surface area contributed by atoms with E-state index in [1.807, 2.05) is 12.1 Å². The van der Waals surface area contributed by atoms with E-state index in [0.717, 1.165) is 18.8 Å². The Kier molecular flexibility index (Phi) is 5.11. The summed E-state index contributed by atoms with van der Waals surface area (Å²) in [4.78, 5) is 0. The third-order valence-corrected chi connectivity index (χ3v) is 1.82. The first-order valence-corrected chi connectivity index (χ1v) is 3.67. The van der Waals surface area contributed by atoms with E-state index < -0.39 is 0 Å². The number of halogens is 2. The van der Waals surface area contributed by atoms with Gasteiger partial charge in [-0.25, -0.2) is 0 Å². The average Bonchev–Trinajstić information content (AvgIpc) is 2.05. The quantitative estimate of drug-likeness (QED) is 0.635. The molecule has 0 N–H and O–H groups in total. The molecular formula is C9H12Cl2O. The highest BCUT2D eigenvalue weighted by molar-refractivity contribution is 5.85. The van der Waals surface area contributed by atoms with Gasteiger partial charge >= 0.3 is 0 Å². The zero-order chi connectivity index (χ0) is 6.81. The van der Waals surface area contributed by atoms with Crippen LogP contribution in [0.3, 0.4) is 0 Å². The number of hydrogen-bond acceptors (Lipinski definition) is 1. The average molecular weight is 207 g/mol. The summed E-state index contributed by atoms with van der Waals surface area (Å²) in [5, 5.41) is 0. The van der Waals surface area contributed by atoms with Gasteiger partial charge in [0.05, 0.1) is 6.61 Å². The van der Waals surface area contributed by atoms with Crippen LogP contribution in [0.15, 0.2) is 24.3 Å². The zero-order valence-electron chi connectivity index (χ0n) is 6.66. The predicted molar refractivity (Wildman–Crippen MR) is 54.8 cm³/mol. The minimum atomic E-state index is 0. The van der Waals surface area contributed by atoms with Crippen LogP contribution in [0.5, 0.6) is 5.75 Å². The van der Waals surface area contributed by atoms with Crippen LogP contribution in [-0.2, 0) is 6.42 Å². The van der Waals surface area contributed by atoms with E-state index >= 15 is 0 Å². The van der Waals surface area contributed by atoms with E-state index in [1.54, 1.807) is 0 Å². The molecule has 0 amide bonds. The molecule has 0 spiro atoms. The Bertz CT molecular complexity index is 213. The predicted octanol–water partition coefficient (Wildman–Crippen LogP) is 2.86. The second-order valence-electron chi connectivity index (χ2n) is 2.56. The van der Waals surface area contributed by atoms with Gasteiger partial charge in [-0.15, -0.1) is 24.8 Å². The number of fused-ring (bicyclic) bond motifs is 1. The van der Waals surface area contributed by atoms with Crippen molar-refractivity contribution >= 4 is 24.8 Å². The molecule has 3 heteroatoms. The van der Waals surface area contributed by atoms with Crippen molar-refractivity contribution in [1.29, 1.82) is 0 Å². The van der Waals surface area contributed by atoms with Crippen molar-refractivity contribution in [2.45, 2.75) is 12.8 Å². The molecule has 0 aromatic heterocycles. The monoisotopic (exact) mass is 206 g/mol. The molecule has 0 atom stereocenters. The number of hydrogen-bond donors (Lipinski definition) is 0. The van der Waals surface area contributed by atoms with Gasteiger partial charge in [0.15, 0.2) is 0 Å². The normalized spacial score (nSPS) is 13.0. The number of aryl methyl sites for hydroxylation is 1. The lowest BCUT2D eigenvalue weighted by atomic mass is 10.1. The molecule has 0 saturated carbocycles. The maximum Gasteiger partial charge on any atom is 0.122 e. The zero-order valence-corrected chi connectivity index (χ0v) is 8.29. The van der Waals surface area contributed by atoms with Gasteiger partial charge < -0.3 is 4.74 Å². The second-order valence-corrected chi connectivity index (χ2v) is 2.56. The highest BCUT2D eigenvalue weighted by atomic mass is 35.5. The minimum Gasteiger partial charge on any atom is -0.493 e. The molecule has 12 heavy (non-hydrogen) atoms. The molecule has 1 aliphatic rings. The fourth-order valence-electron chi connectivity index (χ4n) is 1.30. The summed E-state index contributed by atoms with van der Waals surface area (Å²) in [5.74, 6) is 1.08. The molecule has 1 aromatic rings. The van der Waals surface area contributed by atoms with E-state index in [-0.39, 0.29) is 24.8 Å². The Balaban J connectivity index is 0.000000605.